The minimum atomic E-state index is -3.56. The van der Waals surface area contributed by atoms with Crippen molar-refractivity contribution in [2.24, 2.45) is 0 Å². The van der Waals surface area contributed by atoms with Gasteiger partial charge in [-0.2, -0.15) is 0 Å². The monoisotopic (exact) mass is 396 g/mol. The van der Waals surface area contributed by atoms with E-state index in [9.17, 15) is 17.6 Å². The first-order chi connectivity index (χ1) is 12.3. The van der Waals surface area contributed by atoms with Crippen LogP contribution in [0.1, 0.15) is 20.3 Å². The smallest absolute Gasteiger partial charge is 0.240 e. The summed E-state index contributed by atoms with van der Waals surface area (Å²) in [7, 11) is -3.56. The number of hydrogen-bond acceptors (Lipinski definition) is 4. The van der Waals surface area contributed by atoms with Crippen molar-refractivity contribution in [1.82, 2.24) is 4.72 Å². The van der Waals surface area contributed by atoms with Crippen molar-refractivity contribution in [3.63, 3.8) is 0 Å². The van der Waals surface area contributed by atoms with Gasteiger partial charge in [-0.05, 0) is 50.2 Å². The van der Waals surface area contributed by atoms with Crippen LogP contribution in [0, 0.1) is 5.82 Å². The molecule has 8 heteroatoms. The SMILES string of the molecule is CC(C)NS(=O)(=O)c1ccc(NC(=O)CCSc2ccccc2F)cc1. The predicted molar refractivity (Wildman–Crippen MR) is 102 cm³/mol. The van der Waals surface area contributed by atoms with Gasteiger partial charge in [-0.15, -0.1) is 11.8 Å². The van der Waals surface area contributed by atoms with E-state index in [0.29, 0.717) is 16.3 Å². The molecule has 0 aliphatic carbocycles. The van der Waals surface area contributed by atoms with Crippen molar-refractivity contribution >= 4 is 33.4 Å². The molecule has 0 aromatic heterocycles. The fourth-order valence-electron chi connectivity index (χ4n) is 2.13. The third-order valence-electron chi connectivity index (χ3n) is 3.26. The standard InChI is InChI=1S/C18H21FN2O3S2/c1-13(2)21-26(23,24)15-9-7-14(8-10-15)20-18(22)11-12-25-17-6-4-3-5-16(17)19/h3-10,13,21H,11-12H2,1-2H3,(H,20,22). The molecule has 1 amide bonds. The summed E-state index contributed by atoms with van der Waals surface area (Å²) in [5.41, 5.74) is 0.509. The number of carbonyl (C=O) groups is 1. The highest BCUT2D eigenvalue weighted by Gasteiger charge is 2.15. The van der Waals surface area contributed by atoms with E-state index in [1.807, 2.05) is 0 Å². The number of amides is 1. The Morgan fingerprint density at radius 2 is 1.77 bits per heavy atom. The molecule has 0 atom stereocenters. The minimum Gasteiger partial charge on any atom is -0.326 e. The number of sulfonamides is 1. The maximum absolute atomic E-state index is 13.5. The lowest BCUT2D eigenvalue weighted by molar-refractivity contribution is -0.115. The summed E-state index contributed by atoms with van der Waals surface area (Å²) in [6.07, 6.45) is 0.216. The van der Waals surface area contributed by atoms with Gasteiger partial charge in [0.15, 0.2) is 0 Å². The predicted octanol–water partition coefficient (Wildman–Crippen LogP) is 3.63. The van der Waals surface area contributed by atoms with Gasteiger partial charge in [-0.1, -0.05) is 12.1 Å². The minimum absolute atomic E-state index is 0.138. The van der Waals surface area contributed by atoms with Crippen LogP contribution < -0.4 is 10.0 Å². The van der Waals surface area contributed by atoms with Gasteiger partial charge in [0, 0.05) is 28.8 Å². The number of nitrogens with one attached hydrogen (secondary N) is 2. The number of halogens is 1. The summed E-state index contributed by atoms with van der Waals surface area (Å²) in [6.45, 7) is 3.48. The van der Waals surface area contributed by atoms with Crippen LogP contribution in [0.25, 0.3) is 0 Å². The van der Waals surface area contributed by atoms with Crippen LogP contribution in [0.15, 0.2) is 58.3 Å². The molecule has 2 N–H and O–H groups in total. The van der Waals surface area contributed by atoms with Gasteiger partial charge < -0.3 is 5.32 Å². The molecule has 2 aromatic rings. The van der Waals surface area contributed by atoms with E-state index in [4.69, 9.17) is 0 Å². The lowest BCUT2D eigenvalue weighted by Crippen LogP contribution is -2.30. The summed E-state index contributed by atoms with van der Waals surface area (Å²) >= 11 is 1.27. The van der Waals surface area contributed by atoms with Crippen molar-refractivity contribution in [2.75, 3.05) is 11.1 Å². The van der Waals surface area contributed by atoms with Crippen molar-refractivity contribution in [2.45, 2.75) is 36.1 Å². The first kappa shape index (κ1) is 20.4. The van der Waals surface area contributed by atoms with Gasteiger partial charge in [-0.25, -0.2) is 17.5 Å². The van der Waals surface area contributed by atoms with E-state index in [-0.39, 0.29) is 29.1 Å². The average molecular weight is 397 g/mol. The Hall–Kier alpha value is -1.90. The molecule has 0 aliphatic heterocycles. The molecule has 2 rings (SSSR count). The second-order valence-electron chi connectivity index (χ2n) is 5.88. The van der Waals surface area contributed by atoms with Crippen LogP contribution >= 0.6 is 11.8 Å². The number of rotatable bonds is 8. The largest absolute Gasteiger partial charge is 0.326 e. The molecule has 0 aliphatic rings. The van der Waals surface area contributed by atoms with Gasteiger partial charge in [0.05, 0.1) is 4.90 Å². The summed E-state index contributed by atoms with van der Waals surface area (Å²) < 4.78 is 40.1. The van der Waals surface area contributed by atoms with Crippen LogP contribution in [0.3, 0.4) is 0 Å². The fraction of sp³-hybridized carbons (Fsp3) is 0.278. The van der Waals surface area contributed by atoms with E-state index in [1.54, 1.807) is 32.0 Å². The lowest BCUT2D eigenvalue weighted by atomic mass is 10.3. The van der Waals surface area contributed by atoms with Crippen molar-refractivity contribution in [3.8, 4) is 0 Å². The molecule has 0 radical (unpaired) electrons. The molecule has 140 valence electrons. The summed E-state index contributed by atoms with van der Waals surface area (Å²) in [6, 6.07) is 12.2. The molecule has 0 bridgehead atoms. The summed E-state index contributed by atoms with van der Waals surface area (Å²) in [5.74, 6) is -0.0770. The first-order valence-corrected chi connectivity index (χ1v) is 10.5. The second-order valence-corrected chi connectivity index (χ2v) is 8.73. The second kappa shape index (κ2) is 9.16. The Morgan fingerprint density at radius 1 is 1.12 bits per heavy atom. The van der Waals surface area contributed by atoms with E-state index in [1.165, 1.54) is 42.1 Å². The number of thioether (sulfide) groups is 1. The van der Waals surface area contributed by atoms with Crippen LogP contribution in [-0.2, 0) is 14.8 Å². The van der Waals surface area contributed by atoms with Crippen molar-refractivity contribution < 1.29 is 17.6 Å². The number of benzene rings is 2. The normalized spacial score (nSPS) is 11.5. The van der Waals surface area contributed by atoms with Crippen LogP contribution in [0.2, 0.25) is 0 Å². The highest BCUT2D eigenvalue weighted by Crippen LogP contribution is 2.22. The third kappa shape index (κ3) is 6.12. The van der Waals surface area contributed by atoms with E-state index < -0.39 is 10.0 Å². The molecule has 0 heterocycles. The van der Waals surface area contributed by atoms with Crippen molar-refractivity contribution in [3.05, 3.63) is 54.3 Å². The molecule has 5 nitrogen and oxygen atoms in total. The van der Waals surface area contributed by atoms with E-state index in [0.717, 1.165) is 0 Å². The quantitative estimate of drug-likeness (QED) is 0.668. The Bertz CT molecular complexity index is 853. The van der Waals surface area contributed by atoms with Crippen LogP contribution in [-0.4, -0.2) is 26.1 Å². The molecule has 0 unspecified atom stereocenters. The first-order valence-electron chi connectivity index (χ1n) is 8.07. The third-order valence-corrected chi connectivity index (χ3v) is 5.99. The summed E-state index contributed by atoms with van der Waals surface area (Å²) in [5, 5.41) is 2.70. The van der Waals surface area contributed by atoms with E-state index >= 15 is 0 Å². The molecule has 0 saturated heterocycles. The number of carbonyl (C=O) groups excluding carboxylic acids is 1. The Kier molecular flexibility index (Phi) is 7.19. The lowest BCUT2D eigenvalue weighted by Gasteiger charge is -2.10. The summed E-state index contributed by atoms with van der Waals surface area (Å²) in [4.78, 5) is 12.6. The average Bonchev–Trinajstić information content (AvgIpc) is 2.56. The zero-order valence-electron chi connectivity index (χ0n) is 14.5. The van der Waals surface area contributed by atoms with Crippen LogP contribution in [0.4, 0.5) is 10.1 Å². The van der Waals surface area contributed by atoms with Gasteiger partial charge in [0.1, 0.15) is 5.82 Å². The van der Waals surface area contributed by atoms with Gasteiger partial charge >= 0.3 is 0 Å². The number of anilines is 1. The molecule has 2 aromatic carbocycles. The fourth-order valence-corrected chi connectivity index (χ4v) is 4.27. The van der Waals surface area contributed by atoms with Gasteiger partial charge in [0.25, 0.3) is 0 Å². The van der Waals surface area contributed by atoms with E-state index in [2.05, 4.69) is 10.0 Å². The topological polar surface area (TPSA) is 75.3 Å². The maximum atomic E-state index is 13.5. The molecular formula is C18H21FN2O3S2. The van der Waals surface area contributed by atoms with Crippen molar-refractivity contribution in [1.29, 1.82) is 0 Å². The zero-order chi connectivity index (χ0) is 19.2. The highest BCUT2D eigenvalue weighted by molar-refractivity contribution is 7.99. The Labute approximate surface area is 157 Å². The molecule has 0 saturated carbocycles. The Morgan fingerprint density at radius 3 is 2.38 bits per heavy atom. The molecule has 0 fully saturated rings. The van der Waals surface area contributed by atoms with Gasteiger partial charge in [0.2, 0.25) is 15.9 Å². The highest BCUT2D eigenvalue weighted by atomic mass is 32.2. The molecule has 0 spiro atoms. The Balaban J connectivity index is 1.86. The zero-order valence-corrected chi connectivity index (χ0v) is 16.2. The number of hydrogen-bond donors (Lipinski definition) is 2. The maximum Gasteiger partial charge on any atom is 0.240 e. The van der Waals surface area contributed by atoms with Crippen LogP contribution in [0.5, 0.6) is 0 Å². The molecule has 26 heavy (non-hydrogen) atoms. The molecular weight excluding hydrogens is 375 g/mol. The van der Waals surface area contributed by atoms with Gasteiger partial charge in [-0.3, -0.25) is 4.79 Å².